The number of methoxy groups -OCH3 is 1. The molecular weight excluding hydrogens is 388 g/mol. The SMILES string of the molecule is COc1cccc(CCN2C(=O)CCc3c(C)nc(CN(C)C4CCCCC4)nc32)c1. The van der Waals surface area contributed by atoms with Gasteiger partial charge in [0.2, 0.25) is 5.91 Å². The van der Waals surface area contributed by atoms with Crippen LogP contribution in [0.5, 0.6) is 5.75 Å². The Morgan fingerprint density at radius 3 is 2.74 bits per heavy atom. The second-order valence-electron chi connectivity index (χ2n) is 8.88. The van der Waals surface area contributed by atoms with Crippen molar-refractivity contribution in [3.05, 3.63) is 46.9 Å². The Bertz CT molecular complexity index is 924. The summed E-state index contributed by atoms with van der Waals surface area (Å²) in [6, 6.07) is 8.65. The molecule has 1 fully saturated rings. The number of hydrogen-bond acceptors (Lipinski definition) is 5. The van der Waals surface area contributed by atoms with E-state index in [0.29, 0.717) is 19.0 Å². The molecule has 0 unspecified atom stereocenters. The Hall–Kier alpha value is -2.47. The van der Waals surface area contributed by atoms with Crippen LogP contribution < -0.4 is 9.64 Å². The van der Waals surface area contributed by atoms with Crippen LogP contribution in [0.4, 0.5) is 5.82 Å². The van der Waals surface area contributed by atoms with Gasteiger partial charge in [-0.15, -0.1) is 0 Å². The van der Waals surface area contributed by atoms with Gasteiger partial charge in [0.1, 0.15) is 17.4 Å². The molecule has 0 bridgehead atoms. The summed E-state index contributed by atoms with van der Waals surface area (Å²) in [6.07, 6.45) is 8.51. The van der Waals surface area contributed by atoms with Crippen molar-refractivity contribution in [1.82, 2.24) is 14.9 Å². The third kappa shape index (κ3) is 5.06. The van der Waals surface area contributed by atoms with Crippen LogP contribution in [-0.4, -0.2) is 47.5 Å². The lowest BCUT2D eigenvalue weighted by Gasteiger charge is -2.32. The van der Waals surface area contributed by atoms with Crippen molar-refractivity contribution in [2.75, 3.05) is 25.6 Å². The fraction of sp³-hybridized carbons (Fsp3) is 0.560. The zero-order chi connectivity index (χ0) is 21.8. The molecule has 6 heteroatoms. The number of carbonyl (C=O) groups is 1. The molecule has 1 amide bonds. The number of nitrogens with zero attached hydrogens (tertiary/aromatic N) is 4. The third-order valence-electron chi connectivity index (χ3n) is 6.73. The zero-order valence-corrected chi connectivity index (χ0v) is 19.1. The second kappa shape index (κ2) is 9.77. The number of ether oxygens (including phenoxy) is 1. The summed E-state index contributed by atoms with van der Waals surface area (Å²) in [4.78, 5) is 26.8. The van der Waals surface area contributed by atoms with E-state index in [1.165, 1.54) is 32.1 Å². The Morgan fingerprint density at radius 2 is 1.97 bits per heavy atom. The molecule has 1 aliphatic carbocycles. The Balaban J connectivity index is 1.53. The molecule has 6 nitrogen and oxygen atoms in total. The van der Waals surface area contributed by atoms with Crippen molar-refractivity contribution in [1.29, 1.82) is 0 Å². The predicted molar refractivity (Wildman–Crippen MR) is 122 cm³/mol. The van der Waals surface area contributed by atoms with Gasteiger partial charge in [-0.3, -0.25) is 14.6 Å². The molecule has 1 aliphatic heterocycles. The average molecular weight is 423 g/mol. The number of aromatic nitrogens is 2. The predicted octanol–water partition coefficient (Wildman–Crippen LogP) is 4.08. The van der Waals surface area contributed by atoms with Crippen molar-refractivity contribution in [2.45, 2.75) is 70.9 Å². The van der Waals surface area contributed by atoms with E-state index in [9.17, 15) is 4.79 Å². The molecule has 0 atom stereocenters. The highest BCUT2D eigenvalue weighted by Crippen LogP contribution is 2.29. The van der Waals surface area contributed by atoms with E-state index >= 15 is 0 Å². The molecule has 0 spiro atoms. The maximum atomic E-state index is 12.8. The topological polar surface area (TPSA) is 58.6 Å². The fourth-order valence-corrected chi connectivity index (χ4v) is 4.88. The van der Waals surface area contributed by atoms with Gasteiger partial charge in [-0.25, -0.2) is 9.97 Å². The summed E-state index contributed by atoms with van der Waals surface area (Å²) < 4.78 is 5.34. The number of anilines is 1. The van der Waals surface area contributed by atoms with Crippen LogP contribution in [0.15, 0.2) is 24.3 Å². The van der Waals surface area contributed by atoms with Gasteiger partial charge >= 0.3 is 0 Å². The molecule has 31 heavy (non-hydrogen) atoms. The minimum absolute atomic E-state index is 0.153. The first-order valence-electron chi connectivity index (χ1n) is 11.5. The van der Waals surface area contributed by atoms with Crippen LogP contribution in [0, 0.1) is 6.92 Å². The first-order valence-corrected chi connectivity index (χ1v) is 11.5. The molecule has 1 saturated carbocycles. The van der Waals surface area contributed by atoms with Gasteiger partial charge in [-0.05, 0) is 57.4 Å². The van der Waals surface area contributed by atoms with E-state index in [4.69, 9.17) is 14.7 Å². The molecule has 1 aromatic carbocycles. The van der Waals surface area contributed by atoms with Crippen LogP contribution in [0.3, 0.4) is 0 Å². The molecular formula is C25H34N4O2. The van der Waals surface area contributed by atoms with Crippen LogP contribution in [-0.2, 0) is 24.2 Å². The minimum Gasteiger partial charge on any atom is -0.497 e. The van der Waals surface area contributed by atoms with E-state index in [2.05, 4.69) is 24.9 Å². The van der Waals surface area contributed by atoms with Gasteiger partial charge < -0.3 is 4.74 Å². The first kappa shape index (κ1) is 21.8. The first-order chi connectivity index (χ1) is 15.0. The highest BCUT2D eigenvalue weighted by Gasteiger charge is 2.28. The lowest BCUT2D eigenvalue weighted by Crippen LogP contribution is -2.39. The number of amides is 1. The maximum Gasteiger partial charge on any atom is 0.228 e. The number of rotatable bonds is 7. The maximum absolute atomic E-state index is 12.8. The summed E-state index contributed by atoms with van der Waals surface area (Å²) >= 11 is 0. The molecule has 0 saturated heterocycles. The van der Waals surface area contributed by atoms with Crippen molar-refractivity contribution in [3.8, 4) is 5.75 Å². The van der Waals surface area contributed by atoms with E-state index in [1.807, 2.05) is 23.1 Å². The van der Waals surface area contributed by atoms with E-state index in [-0.39, 0.29) is 5.91 Å². The molecule has 166 valence electrons. The molecule has 4 rings (SSSR count). The van der Waals surface area contributed by atoms with Crippen molar-refractivity contribution in [2.24, 2.45) is 0 Å². The lowest BCUT2D eigenvalue weighted by molar-refractivity contribution is -0.118. The van der Waals surface area contributed by atoms with E-state index in [1.54, 1.807) is 7.11 Å². The normalized spacial score (nSPS) is 17.2. The summed E-state index contributed by atoms with van der Waals surface area (Å²) in [5.74, 6) is 2.64. The summed E-state index contributed by atoms with van der Waals surface area (Å²) in [6.45, 7) is 3.41. The highest BCUT2D eigenvalue weighted by atomic mass is 16.5. The van der Waals surface area contributed by atoms with Gasteiger partial charge in [0.15, 0.2) is 0 Å². The Morgan fingerprint density at radius 1 is 1.16 bits per heavy atom. The smallest absolute Gasteiger partial charge is 0.228 e. The number of benzene rings is 1. The van der Waals surface area contributed by atoms with Crippen LogP contribution in [0.2, 0.25) is 0 Å². The van der Waals surface area contributed by atoms with Crippen LogP contribution in [0.1, 0.15) is 61.2 Å². The van der Waals surface area contributed by atoms with Crippen LogP contribution >= 0.6 is 0 Å². The van der Waals surface area contributed by atoms with E-state index in [0.717, 1.165) is 53.6 Å². The molecule has 0 N–H and O–H groups in total. The minimum atomic E-state index is 0.153. The second-order valence-corrected chi connectivity index (χ2v) is 8.88. The standard InChI is InChI=1S/C25H34N4O2/c1-18-22-12-13-24(30)29(15-14-19-8-7-11-21(16-19)31-3)25(22)27-23(26-18)17-28(2)20-9-5-4-6-10-20/h7-8,11,16,20H,4-6,9-10,12-15,17H2,1-3H3. The Labute approximate surface area is 185 Å². The van der Waals surface area contributed by atoms with Crippen molar-refractivity contribution >= 4 is 11.7 Å². The zero-order valence-electron chi connectivity index (χ0n) is 19.1. The van der Waals surface area contributed by atoms with Crippen molar-refractivity contribution < 1.29 is 9.53 Å². The van der Waals surface area contributed by atoms with Gasteiger partial charge in [-0.2, -0.15) is 0 Å². The average Bonchev–Trinajstić information content (AvgIpc) is 2.79. The van der Waals surface area contributed by atoms with Gasteiger partial charge in [0.25, 0.3) is 0 Å². The summed E-state index contributed by atoms with van der Waals surface area (Å²) in [7, 11) is 3.86. The molecule has 1 aromatic heterocycles. The Kier molecular flexibility index (Phi) is 6.86. The summed E-state index contributed by atoms with van der Waals surface area (Å²) in [5, 5.41) is 0. The quantitative estimate of drug-likeness (QED) is 0.673. The van der Waals surface area contributed by atoms with E-state index < -0.39 is 0 Å². The van der Waals surface area contributed by atoms with Crippen LogP contribution in [0.25, 0.3) is 0 Å². The number of carbonyl (C=O) groups excluding carboxylic acids is 1. The fourth-order valence-electron chi connectivity index (χ4n) is 4.88. The largest absolute Gasteiger partial charge is 0.497 e. The molecule has 0 radical (unpaired) electrons. The number of aryl methyl sites for hydroxylation is 1. The number of fused-ring (bicyclic) bond motifs is 1. The van der Waals surface area contributed by atoms with Gasteiger partial charge in [0, 0.05) is 30.3 Å². The van der Waals surface area contributed by atoms with Crippen molar-refractivity contribution in [3.63, 3.8) is 0 Å². The molecule has 2 aromatic rings. The van der Waals surface area contributed by atoms with Gasteiger partial charge in [0.05, 0.1) is 13.7 Å². The lowest BCUT2D eigenvalue weighted by atomic mass is 9.94. The van der Waals surface area contributed by atoms with Gasteiger partial charge in [-0.1, -0.05) is 31.4 Å². The number of hydrogen-bond donors (Lipinski definition) is 0. The molecule has 2 heterocycles. The monoisotopic (exact) mass is 422 g/mol. The molecule has 2 aliphatic rings. The summed E-state index contributed by atoms with van der Waals surface area (Å²) in [5.41, 5.74) is 3.28. The third-order valence-corrected chi connectivity index (χ3v) is 6.73. The highest BCUT2D eigenvalue weighted by molar-refractivity contribution is 5.95.